The van der Waals surface area contributed by atoms with Gasteiger partial charge in [0, 0.05) is 29.8 Å². The van der Waals surface area contributed by atoms with Crippen LogP contribution in [0.25, 0.3) is 5.82 Å². The summed E-state index contributed by atoms with van der Waals surface area (Å²) in [4.78, 5) is 33.2. The Labute approximate surface area is 156 Å². The summed E-state index contributed by atoms with van der Waals surface area (Å²) in [6.45, 7) is 5.32. The van der Waals surface area contributed by atoms with Crippen LogP contribution in [0.1, 0.15) is 61.5 Å². The van der Waals surface area contributed by atoms with E-state index in [0.29, 0.717) is 12.2 Å². The van der Waals surface area contributed by atoms with Crippen LogP contribution in [0.4, 0.5) is 0 Å². The van der Waals surface area contributed by atoms with Gasteiger partial charge in [-0.15, -0.1) is 0 Å². The Morgan fingerprint density at radius 3 is 2.74 bits per heavy atom. The summed E-state index contributed by atoms with van der Waals surface area (Å²) in [5.41, 5.74) is 6.31. The molecule has 2 aliphatic heterocycles. The lowest BCUT2D eigenvalue weighted by atomic mass is 9.96. The van der Waals surface area contributed by atoms with E-state index in [1.54, 1.807) is 44.0 Å². The van der Waals surface area contributed by atoms with Gasteiger partial charge in [-0.1, -0.05) is 20.8 Å². The summed E-state index contributed by atoms with van der Waals surface area (Å²) in [6, 6.07) is 0. The van der Waals surface area contributed by atoms with Gasteiger partial charge in [-0.2, -0.15) is 5.10 Å². The standard InChI is InChI=1S/C18H22N6O3/c1-18(2,3)17(26)22-21-16(25)14-11-8-10-4-5-12(27-10)15(11)24(23-14)13-9-19-6-7-20-13/h6-7,9-10,12H,4-5,8H2,1-3H3,(H,21,25)(H,22,26). The van der Waals surface area contributed by atoms with Crippen LogP contribution in [0, 0.1) is 5.41 Å². The van der Waals surface area contributed by atoms with Gasteiger partial charge in [-0.05, 0) is 12.8 Å². The van der Waals surface area contributed by atoms with Crippen molar-refractivity contribution in [2.24, 2.45) is 5.41 Å². The van der Waals surface area contributed by atoms with Gasteiger partial charge in [-0.3, -0.25) is 25.4 Å². The van der Waals surface area contributed by atoms with Crippen LogP contribution in [0.5, 0.6) is 0 Å². The molecule has 9 nitrogen and oxygen atoms in total. The average Bonchev–Trinajstić information content (AvgIpc) is 3.21. The van der Waals surface area contributed by atoms with Crippen LogP contribution >= 0.6 is 0 Å². The first-order chi connectivity index (χ1) is 12.8. The molecule has 2 aromatic rings. The van der Waals surface area contributed by atoms with E-state index in [0.717, 1.165) is 24.1 Å². The van der Waals surface area contributed by atoms with Crippen molar-refractivity contribution in [2.45, 2.75) is 52.2 Å². The van der Waals surface area contributed by atoms with Crippen molar-refractivity contribution in [1.29, 1.82) is 0 Å². The van der Waals surface area contributed by atoms with E-state index in [-0.39, 0.29) is 23.8 Å². The van der Waals surface area contributed by atoms with E-state index in [4.69, 9.17) is 4.74 Å². The maximum Gasteiger partial charge on any atom is 0.290 e. The van der Waals surface area contributed by atoms with E-state index in [1.807, 2.05) is 0 Å². The van der Waals surface area contributed by atoms with Crippen molar-refractivity contribution < 1.29 is 14.3 Å². The number of carbonyl (C=O) groups is 2. The van der Waals surface area contributed by atoms with Gasteiger partial charge in [0.05, 0.1) is 18.0 Å². The summed E-state index contributed by atoms with van der Waals surface area (Å²) in [7, 11) is 0. The number of hydrogen-bond acceptors (Lipinski definition) is 6. The lowest BCUT2D eigenvalue weighted by Gasteiger charge is -2.22. The molecule has 1 saturated heterocycles. The third-order valence-corrected chi connectivity index (χ3v) is 4.82. The molecule has 2 amide bonds. The van der Waals surface area contributed by atoms with Crippen LogP contribution in [0.2, 0.25) is 0 Å². The van der Waals surface area contributed by atoms with Gasteiger partial charge in [0.2, 0.25) is 5.91 Å². The molecule has 2 unspecified atom stereocenters. The third-order valence-electron chi connectivity index (χ3n) is 4.82. The molecule has 2 aliphatic rings. The fourth-order valence-corrected chi connectivity index (χ4v) is 3.40. The van der Waals surface area contributed by atoms with Crippen molar-refractivity contribution in [3.63, 3.8) is 0 Å². The molecule has 1 fully saturated rings. The number of nitrogens with one attached hydrogen (secondary N) is 2. The normalized spacial score (nSPS) is 20.9. The molecular weight excluding hydrogens is 348 g/mol. The highest BCUT2D eigenvalue weighted by atomic mass is 16.5. The fraction of sp³-hybridized carbons (Fsp3) is 0.500. The van der Waals surface area contributed by atoms with Crippen LogP contribution in [-0.2, 0) is 16.0 Å². The Bertz CT molecular complexity index is 886. The summed E-state index contributed by atoms with van der Waals surface area (Å²) in [5, 5.41) is 4.49. The highest BCUT2D eigenvalue weighted by Crippen LogP contribution is 2.42. The Morgan fingerprint density at radius 2 is 2.04 bits per heavy atom. The molecule has 0 spiro atoms. The second kappa shape index (κ2) is 6.41. The van der Waals surface area contributed by atoms with Crippen molar-refractivity contribution >= 4 is 11.8 Å². The van der Waals surface area contributed by atoms with E-state index >= 15 is 0 Å². The molecule has 0 aromatic carbocycles. The second-order valence-electron chi connectivity index (χ2n) is 7.87. The summed E-state index contributed by atoms with van der Waals surface area (Å²) < 4.78 is 7.65. The first-order valence-corrected chi connectivity index (χ1v) is 8.99. The number of amides is 2. The molecule has 0 aliphatic carbocycles. The Hall–Kier alpha value is -2.81. The van der Waals surface area contributed by atoms with Crippen molar-refractivity contribution in [1.82, 2.24) is 30.6 Å². The molecule has 2 N–H and O–H groups in total. The monoisotopic (exact) mass is 370 g/mol. The smallest absolute Gasteiger partial charge is 0.290 e. The zero-order valence-corrected chi connectivity index (χ0v) is 15.5. The van der Waals surface area contributed by atoms with Gasteiger partial charge >= 0.3 is 0 Å². The van der Waals surface area contributed by atoms with Gasteiger partial charge in [0.1, 0.15) is 6.10 Å². The van der Waals surface area contributed by atoms with E-state index in [9.17, 15) is 9.59 Å². The first kappa shape index (κ1) is 17.6. The van der Waals surface area contributed by atoms with Gasteiger partial charge in [0.15, 0.2) is 11.5 Å². The third kappa shape index (κ3) is 3.18. The van der Waals surface area contributed by atoms with Gasteiger partial charge < -0.3 is 4.74 Å². The first-order valence-electron chi connectivity index (χ1n) is 8.99. The number of carbonyl (C=O) groups excluding carboxylic acids is 2. The Morgan fingerprint density at radius 1 is 1.22 bits per heavy atom. The second-order valence-corrected chi connectivity index (χ2v) is 7.87. The zero-order chi connectivity index (χ0) is 19.2. The van der Waals surface area contributed by atoms with Crippen molar-refractivity contribution in [3.05, 3.63) is 35.5 Å². The molecule has 142 valence electrons. The largest absolute Gasteiger partial charge is 0.368 e. The minimum absolute atomic E-state index is 0.0951. The van der Waals surface area contributed by atoms with Crippen LogP contribution < -0.4 is 10.9 Å². The van der Waals surface area contributed by atoms with E-state index < -0.39 is 11.3 Å². The number of hydrogen-bond donors (Lipinski definition) is 2. The zero-order valence-electron chi connectivity index (χ0n) is 15.5. The number of hydrazine groups is 1. The molecule has 9 heteroatoms. The summed E-state index contributed by atoms with van der Waals surface area (Å²) >= 11 is 0. The fourth-order valence-electron chi connectivity index (χ4n) is 3.40. The number of aromatic nitrogens is 4. The van der Waals surface area contributed by atoms with Gasteiger partial charge in [0.25, 0.3) is 5.91 Å². The number of rotatable bonds is 2. The van der Waals surface area contributed by atoms with Gasteiger partial charge in [-0.25, -0.2) is 9.67 Å². The molecule has 2 bridgehead atoms. The Kier molecular flexibility index (Phi) is 4.18. The molecule has 27 heavy (non-hydrogen) atoms. The Balaban J connectivity index is 1.68. The molecule has 2 aromatic heterocycles. The lowest BCUT2D eigenvalue weighted by Crippen LogP contribution is -2.47. The highest BCUT2D eigenvalue weighted by Gasteiger charge is 2.40. The predicted molar refractivity (Wildman–Crippen MR) is 94.8 cm³/mol. The lowest BCUT2D eigenvalue weighted by molar-refractivity contribution is -0.129. The molecule has 0 saturated carbocycles. The maximum absolute atomic E-state index is 12.7. The quantitative estimate of drug-likeness (QED) is 0.770. The summed E-state index contributed by atoms with van der Waals surface area (Å²) in [5.74, 6) is -0.199. The predicted octanol–water partition coefficient (Wildman–Crippen LogP) is 1.25. The molecule has 0 radical (unpaired) electrons. The number of nitrogens with zero attached hydrogens (tertiary/aromatic N) is 4. The minimum Gasteiger partial charge on any atom is -0.368 e. The maximum atomic E-state index is 12.7. The average molecular weight is 370 g/mol. The van der Waals surface area contributed by atoms with Crippen LogP contribution in [0.3, 0.4) is 0 Å². The SMILES string of the molecule is CC(C)(C)C(=O)NNC(=O)c1nn(-c2cnccn2)c2c1CC1CCC2O1. The van der Waals surface area contributed by atoms with E-state index in [2.05, 4.69) is 25.9 Å². The molecule has 4 heterocycles. The molecule has 2 atom stereocenters. The molecule has 4 rings (SSSR count). The van der Waals surface area contributed by atoms with Crippen molar-refractivity contribution in [2.75, 3.05) is 0 Å². The highest BCUT2D eigenvalue weighted by molar-refractivity contribution is 5.95. The van der Waals surface area contributed by atoms with Crippen molar-refractivity contribution in [3.8, 4) is 5.82 Å². The topological polar surface area (TPSA) is 111 Å². The summed E-state index contributed by atoms with van der Waals surface area (Å²) in [6.07, 6.45) is 7.18. The van der Waals surface area contributed by atoms with Crippen LogP contribution in [0.15, 0.2) is 18.6 Å². The molecular formula is C18H22N6O3. The number of fused-ring (bicyclic) bond motifs is 4. The van der Waals surface area contributed by atoms with E-state index in [1.165, 1.54) is 0 Å². The minimum atomic E-state index is -0.612. The number of ether oxygens (including phenoxy) is 1. The van der Waals surface area contributed by atoms with Crippen LogP contribution in [-0.4, -0.2) is 37.7 Å².